The van der Waals surface area contributed by atoms with Crippen LogP contribution < -0.4 is 11.5 Å². The first-order chi connectivity index (χ1) is 6.57. The summed E-state index contributed by atoms with van der Waals surface area (Å²) in [7, 11) is 0. The van der Waals surface area contributed by atoms with Crippen molar-refractivity contribution in [2.75, 3.05) is 5.75 Å². The molecule has 0 bridgehead atoms. The van der Waals surface area contributed by atoms with E-state index in [4.69, 9.17) is 16.6 Å². The molecule has 14 heavy (non-hydrogen) atoms. The minimum Gasteiger partial charge on any atom is -0.480 e. The Morgan fingerprint density at radius 1 is 1.36 bits per heavy atom. The third-order valence-electron chi connectivity index (χ3n) is 1.73. The summed E-state index contributed by atoms with van der Waals surface area (Å²) in [5.74, 6) is -0.337. The second-order valence-electron chi connectivity index (χ2n) is 2.98. The first kappa shape index (κ1) is 13.1. The third-order valence-corrected chi connectivity index (χ3v) is 2.04. The summed E-state index contributed by atoms with van der Waals surface area (Å²) in [5.41, 5.74) is 10.2. The highest BCUT2D eigenvalue weighted by molar-refractivity contribution is 7.80. The molecule has 0 fully saturated rings. The average molecular weight is 219 g/mol. The summed E-state index contributed by atoms with van der Waals surface area (Å²) in [6.07, 6.45) is 3.21. The number of aliphatic carboxylic acids is 1. The maximum absolute atomic E-state index is 10.7. The molecule has 82 valence electrons. The second-order valence-corrected chi connectivity index (χ2v) is 3.43. The van der Waals surface area contributed by atoms with Crippen molar-refractivity contribution >= 4 is 24.6 Å². The molecule has 0 aliphatic heterocycles. The zero-order chi connectivity index (χ0) is 11.0. The number of rotatable bonds is 7. The van der Waals surface area contributed by atoms with Crippen molar-refractivity contribution in [2.45, 2.75) is 31.7 Å². The molecule has 0 aromatic heterocycles. The smallest absolute Gasteiger partial charge is 0.328 e. The molecule has 0 rings (SSSR count). The molecule has 5 nitrogen and oxygen atoms in total. The number of carbonyl (C=O) groups is 1. The first-order valence-electron chi connectivity index (χ1n) is 4.50. The van der Waals surface area contributed by atoms with E-state index in [2.05, 4.69) is 17.6 Å². The van der Waals surface area contributed by atoms with Gasteiger partial charge in [-0.05, 0) is 18.6 Å². The van der Waals surface area contributed by atoms with Gasteiger partial charge in [-0.25, -0.2) is 9.79 Å². The number of hydrogen-bond acceptors (Lipinski definition) is 3. The topological polar surface area (TPSA) is 102 Å². The van der Waals surface area contributed by atoms with Crippen molar-refractivity contribution in [2.24, 2.45) is 16.5 Å². The van der Waals surface area contributed by atoms with Crippen LogP contribution in [0.25, 0.3) is 0 Å². The zero-order valence-corrected chi connectivity index (χ0v) is 8.91. The Labute approximate surface area is 89.0 Å². The summed E-state index contributed by atoms with van der Waals surface area (Å²) in [5, 5.41) is 8.75. The Balaban J connectivity index is 3.87. The summed E-state index contributed by atoms with van der Waals surface area (Å²) >= 11 is 4.06. The highest BCUT2D eigenvalue weighted by atomic mass is 32.1. The Kier molecular flexibility index (Phi) is 7.00. The highest BCUT2D eigenvalue weighted by Crippen LogP contribution is 2.07. The molecule has 0 amide bonds. The third kappa shape index (κ3) is 6.59. The van der Waals surface area contributed by atoms with E-state index >= 15 is 0 Å². The zero-order valence-electron chi connectivity index (χ0n) is 8.02. The van der Waals surface area contributed by atoms with Crippen LogP contribution in [0.1, 0.15) is 25.7 Å². The summed E-state index contributed by atoms with van der Waals surface area (Å²) in [6.45, 7) is 0. The number of hydrogen-bond donors (Lipinski definition) is 4. The van der Waals surface area contributed by atoms with Gasteiger partial charge in [-0.2, -0.15) is 12.6 Å². The van der Waals surface area contributed by atoms with Crippen LogP contribution in [0.2, 0.25) is 0 Å². The maximum Gasteiger partial charge on any atom is 0.328 e. The monoisotopic (exact) mass is 219 g/mol. The molecule has 0 heterocycles. The van der Waals surface area contributed by atoms with Gasteiger partial charge in [-0.3, -0.25) is 0 Å². The van der Waals surface area contributed by atoms with Gasteiger partial charge in [0.15, 0.2) is 12.0 Å². The van der Waals surface area contributed by atoms with Gasteiger partial charge in [-0.15, -0.1) is 0 Å². The first-order valence-corrected chi connectivity index (χ1v) is 5.13. The molecule has 1 unspecified atom stereocenters. The van der Waals surface area contributed by atoms with Gasteiger partial charge >= 0.3 is 5.97 Å². The standard InChI is InChI=1S/C8H17N3O2S/c9-8(10)11-6(7(12)13)4-2-1-3-5-14/h6,14H,1-5H2,(H,12,13)(H4,9,10,11). The van der Waals surface area contributed by atoms with E-state index < -0.39 is 12.0 Å². The fourth-order valence-corrected chi connectivity index (χ4v) is 1.27. The average Bonchev–Trinajstić information content (AvgIpc) is 2.09. The minimum atomic E-state index is -0.982. The van der Waals surface area contributed by atoms with Crippen molar-refractivity contribution in [1.82, 2.24) is 0 Å². The van der Waals surface area contributed by atoms with E-state index in [1.807, 2.05) is 0 Å². The van der Waals surface area contributed by atoms with Crippen LogP contribution in [0.4, 0.5) is 0 Å². The Morgan fingerprint density at radius 3 is 2.43 bits per heavy atom. The van der Waals surface area contributed by atoms with Gasteiger partial charge in [0.05, 0.1) is 0 Å². The van der Waals surface area contributed by atoms with Gasteiger partial charge in [0, 0.05) is 0 Å². The van der Waals surface area contributed by atoms with E-state index in [0.717, 1.165) is 25.0 Å². The molecule has 0 aliphatic rings. The predicted molar refractivity (Wildman–Crippen MR) is 59.6 cm³/mol. The number of carboxylic acids is 1. The minimum absolute atomic E-state index is 0.174. The Bertz CT molecular complexity index is 205. The fraction of sp³-hybridized carbons (Fsp3) is 0.750. The maximum atomic E-state index is 10.7. The summed E-state index contributed by atoms with van der Waals surface area (Å²) in [4.78, 5) is 14.3. The number of nitrogens with two attached hydrogens (primary N) is 2. The van der Waals surface area contributed by atoms with Gasteiger partial charge in [-0.1, -0.05) is 12.8 Å². The molecule has 0 spiro atoms. The number of aliphatic imine (C=N–C) groups is 1. The van der Waals surface area contributed by atoms with Crippen molar-refractivity contribution < 1.29 is 9.90 Å². The van der Waals surface area contributed by atoms with Crippen LogP contribution in [0, 0.1) is 0 Å². The SMILES string of the molecule is NC(N)=NC(CCCCCS)C(=O)O. The van der Waals surface area contributed by atoms with Crippen molar-refractivity contribution in [3.8, 4) is 0 Å². The van der Waals surface area contributed by atoms with Gasteiger partial charge in [0.1, 0.15) is 0 Å². The molecule has 0 saturated carbocycles. The lowest BCUT2D eigenvalue weighted by Gasteiger charge is -2.06. The molecule has 1 atom stereocenters. The lowest BCUT2D eigenvalue weighted by molar-refractivity contribution is -0.138. The van der Waals surface area contributed by atoms with Crippen LogP contribution >= 0.6 is 12.6 Å². The van der Waals surface area contributed by atoms with Crippen molar-refractivity contribution in [1.29, 1.82) is 0 Å². The molecular weight excluding hydrogens is 202 g/mol. The number of thiol groups is 1. The predicted octanol–water partition coefficient (Wildman–Crippen LogP) is 0.203. The van der Waals surface area contributed by atoms with Crippen LogP contribution in [-0.4, -0.2) is 28.8 Å². The van der Waals surface area contributed by atoms with Gasteiger partial charge in [0.2, 0.25) is 0 Å². The number of guanidine groups is 1. The largest absolute Gasteiger partial charge is 0.480 e. The van der Waals surface area contributed by atoms with Gasteiger partial charge in [0.25, 0.3) is 0 Å². The second kappa shape index (κ2) is 7.49. The summed E-state index contributed by atoms with van der Waals surface area (Å²) < 4.78 is 0. The molecule has 0 aromatic carbocycles. The molecule has 0 aliphatic carbocycles. The van der Waals surface area contributed by atoms with Crippen LogP contribution in [0.5, 0.6) is 0 Å². The molecule has 5 N–H and O–H groups in total. The van der Waals surface area contributed by atoms with Crippen LogP contribution in [-0.2, 0) is 4.79 Å². The Hall–Kier alpha value is -0.910. The van der Waals surface area contributed by atoms with E-state index in [0.29, 0.717) is 6.42 Å². The normalized spacial score (nSPS) is 12.1. The number of nitrogens with zero attached hydrogens (tertiary/aromatic N) is 1. The highest BCUT2D eigenvalue weighted by Gasteiger charge is 2.15. The summed E-state index contributed by atoms with van der Waals surface area (Å²) in [6, 6.07) is -0.806. The van der Waals surface area contributed by atoms with Gasteiger partial charge < -0.3 is 16.6 Å². The van der Waals surface area contributed by atoms with E-state index in [1.165, 1.54) is 0 Å². The molecule has 0 saturated heterocycles. The lowest BCUT2D eigenvalue weighted by Crippen LogP contribution is -2.28. The van der Waals surface area contributed by atoms with Crippen LogP contribution in [0.3, 0.4) is 0 Å². The number of unbranched alkanes of at least 4 members (excludes halogenated alkanes) is 2. The van der Waals surface area contributed by atoms with E-state index in [-0.39, 0.29) is 5.96 Å². The lowest BCUT2D eigenvalue weighted by atomic mass is 10.1. The van der Waals surface area contributed by atoms with E-state index in [1.54, 1.807) is 0 Å². The van der Waals surface area contributed by atoms with Crippen molar-refractivity contribution in [3.63, 3.8) is 0 Å². The molecular formula is C8H17N3O2S. The molecule has 6 heteroatoms. The quantitative estimate of drug-likeness (QED) is 0.213. The fourth-order valence-electron chi connectivity index (χ4n) is 1.05. The molecule has 0 aromatic rings. The molecule has 0 radical (unpaired) electrons. The number of carboxylic acid groups (broad SMARTS) is 1. The van der Waals surface area contributed by atoms with Crippen molar-refractivity contribution in [3.05, 3.63) is 0 Å². The Morgan fingerprint density at radius 2 is 2.00 bits per heavy atom. The van der Waals surface area contributed by atoms with Crippen LogP contribution in [0.15, 0.2) is 4.99 Å². The van der Waals surface area contributed by atoms with E-state index in [9.17, 15) is 4.79 Å².